The molecule has 0 amide bonds. The van der Waals surface area contributed by atoms with Gasteiger partial charge in [-0.2, -0.15) is 0 Å². The van der Waals surface area contributed by atoms with Gasteiger partial charge in [0.05, 0.1) is 0 Å². The van der Waals surface area contributed by atoms with Crippen molar-refractivity contribution in [1.82, 2.24) is 0 Å². The Labute approximate surface area is 94.4 Å². The number of rotatable bonds is 0. The van der Waals surface area contributed by atoms with E-state index in [1.165, 1.54) is 11.1 Å². The number of ether oxygens (including phenoxy) is 2. The van der Waals surface area contributed by atoms with E-state index in [0.717, 1.165) is 17.9 Å². The molecule has 2 aromatic rings. The Bertz CT molecular complexity index is 460. The third-order valence-corrected chi connectivity index (χ3v) is 2.66. The predicted octanol–water partition coefficient (Wildman–Crippen LogP) is 3.01. The molecule has 0 spiro atoms. The van der Waals surface area contributed by atoms with E-state index in [-0.39, 0.29) is 6.79 Å². The lowest BCUT2D eigenvalue weighted by Gasteiger charge is -2.13. The SMILES string of the molecule is c1cc2cc(c1)OCOc1cccc(c1)C2. The van der Waals surface area contributed by atoms with Crippen LogP contribution in [-0.4, -0.2) is 6.79 Å². The summed E-state index contributed by atoms with van der Waals surface area (Å²) in [5.41, 5.74) is 2.52. The molecule has 0 atom stereocenters. The molecule has 1 heterocycles. The number of fused-ring (bicyclic) bond motifs is 4. The molecule has 16 heavy (non-hydrogen) atoms. The molecular weight excluding hydrogens is 200 g/mol. The van der Waals surface area contributed by atoms with Crippen molar-refractivity contribution in [2.24, 2.45) is 0 Å². The van der Waals surface area contributed by atoms with Crippen LogP contribution in [0.2, 0.25) is 0 Å². The van der Waals surface area contributed by atoms with Gasteiger partial charge in [0.25, 0.3) is 0 Å². The summed E-state index contributed by atoms with van der Waals surface area (Å²) in [5, 5.41) is 0. The molecule has 0 saturated heterocycles. The van der Waals surface area contributed by atoms with Gasteiger partial charge in [0.15, 0.2) is 0 Å². The molecule has 0 radical (unpaired) electrons. The first-order valence-corrected chi connectivity index (χ1v) is 5.34. The van der Waals surface area contributed by atoms with E-state index in [4.69, 9.17) is 9.47 Å². The summed E-state index contributed by atoms with van der Waals surface area (Å²) in [7, 11) is 0. The van der Waals surface area contributed by atoms with Crippen LogP contribution in [0.1, 0.15) is 11.1 Å². The topological polar surface area (TPSA) is 18.5 Å². The van der Waals surface area contributed by atoms with Crippen molar-refractivity contribution < 1.29 is 9.47 Å². The maximum atomic E-state index is 5.50. The molecular formula is C14H12O2. The van der Waals surface area contributed by atoms with E-state index in [1.54, 1.807) is 0 Å². The van der Waals surface area contributed by atoms with E-state index in [1.807, 2.05) is 24.3 Å². The molecule has 1 aliphatic heterocycles. The van der Waals surface area contributed by atoms with Crippen LogP contribution >= 0.6 is 0 Å². The fraction of sp³-hybridized carbons (Fsp3) is 0.143. The van der Waals surface area contributed by atoms with Crippen molar-refractivity contribution in [2.45, 2.75) is 6.42 Å². The average molecular weight is 212 g/mol. The van der Waals surface area contributed by atoms with E-state index >= 15 is 0 Å². The van der Waals surface area contributed by atoms with Crippen molar-refractivity contribution >= 4 is 0 Å². The minimum absolute atomic E-state index is 0.257. The molecule has 0 aromatic heterocycles. The predicted molar refractivity (Wildman–Crippen MR) is 61.8 cm³/mol. The Morgan fingerprint density at radius 2 is 1.31 bits per heavy atom. The van der Waals surface area contributed by atoms with Crippen molar-refractivity contribution in [3.63, 3.8) is 0 Å². The lowest BCUT2D eigenvalue weighted by molar-refractivity contribution is 0.119. The standard InChI is InChI=1S/C14H12O2/c1-3-11-7-12-4-2-6-14(9-12)16-10-15-13(5-1)8-11/h1-6,8-9H,7,10H2. The first kappa shape index (κ1) is 9.28. The summed E-state index contributed by atoms with van der Waals surface area (Å²) in [6.45, 7) is 0.257. The first-order chi connectivity index (χ1) is 7.90. The zero-order valence-corrected chi connectivity index (χ0v) is 8.85. The number of hydrogen-bond donors (Lipinski definition) is 0. The molecule has 2 aromatic carbocycles. The van der Waals surface area contributed by atoms with Gasteiger partial charge in [-0.05, 0) is 41.8 Å². The largest absolute Gasteiger partial charge is 0.457 e. The smallest absolute Gasteiger partial charge is 0.230 e. The Hall–Kier alpha value is -1.96. The van der Waals surface area contributed by atoms with Gasteiger partial charge >= 0.3 is 0 Å². The molecule has 0 N–H and O–H groups in total. The van der Waals surface area contributed by atoms with Crippen molar-refractivity contribution in [3.8, 4) is 11.5 Å². The van der Waals surface area contributed by atoms with Crippen LogP contribution in [0.25, 0.3) is 0 Å². The van der Waals surface area contributed by atoms with Crippen LogP contribution in [0.15, 0.2) is 48.5 Å². The summed E-state index contributed by atoms with van der Waals surface area (Å²) in [6.07, 6.45) is 0.911. The lowest BCUT2D eigenvalue weighted by Crippen LogP contribution is -2.07. The number of benzene rings is 2. The molecule has 0 fully saturated rings. The van der Waals surface area contributed by atoms with E-state index < -0.39 is 0 Å². The molecule has 0 aliphatic carbocycles. The second-order valence-corrected chi connectivity index (χ2v) is 3.88. The van der Waals surface area contributed by atoms with Gasteiger partial charge in [0.2, 0.25) is 6.79 Å². The Kier molecular flexibility index (Phi) is 2.26. The van der Waals surface area contributed by atoms with Gasteiger partial charge in [-0.3, -0.25) is 0 Å². The highest BCUT2D eigenvalue weighted by atomic mass is 16.7. The summed E-state index contributed by atoms with van der Waals surface area (Å²) >= 11 is 0. The van der Waals surface area contributed by atoms with Crippen LogP contribution < -0.4 is 9.47 Å². The van der Waals surface area contributed by atoms with E-state index in [2.05, 4.69) is 24.3 Å². The molecule has 3 rings (SSSR count). The highest BCUT2D eigenvalue weighted by molar-refractivity contribution is 5.36. The van der Waals surface area contributed by atoms with Crippen molar-refractivity contribution in [1.29, 1.82) is 0 Å². The molecule has 4 bridgehead atoms. The Morgan fingerprint density at radius 3 is 1.88 bits per heavy atom. The van der Waals surface area contributed by atoms with Crippen LogP contribution in [0.5, 0.6) is 11.5 Å². The van der Waals surface area contributed by atoms with Crippen molar-refractivity contribution in [3.05, 3.63) is 59.7 Å². The third kappa shape index (κ3) is 1.87. The molecule has 80 valence electrons. The van der Waals surface area contributed by atoms with Gasteiger partial charge in [-0.15, -0.1) is 0 Å². The zero-order chi connectivity index (χ0) is 10.8. The minimum Gasteiger partial charge on any atom is -0.457 e. The van der Waals surface area contributed by atoms with Gasteiger partial charge in [-0.25, -0.2) is 0 Å². The van der Waals surface area contributed by atoms with Crippen LogP contribution in [0.4, 0.5) is 0 Å². The Balaban J connectivity index is 2.03. The third-order valence-electron chi connectivity index (χ3n) is 2.66. The fourth-order valence-corrected chi connectivity index (χ4v) is 1.89. The average Bonchev–Trinajstić information content (AvgIpc) is 2.29. The summed E-state index contributed by atoms with van der Waals surface area (Å²) < 4.78 is 11.0. The summed E-state index contributed by atoms with van der Waals surface area (Å²) in [5.74, 6) is 1.73. The highest BCUT2D eigenvalue weighted by Crippen LogP contribution is 2.21. The minimum atomic E-state index is 0.257. The highest BCUT2D eigenvalue weighted by Gasteiger charge is 2.04. The summed E-state index contributed by atoms with van der Waals surface area (Å²) in [4.78, 5) is 0. The van der Waals surface area contributed by atoms with Gasteiger partial charge < -0.3 is 9.47 Å². The van der Waals surface area contributed by atoms with Gasteiger partial charge in [0.1, 0.15) is 11.5 Å². The monoisotopic (exact) mass is 212 g/mol. The molecule has 0 unspecified atom stereocenters. The van der Waals surface area contributed by atoms with Crippen LogP contribution in [0.3, 0.4) is 0 Å². The van der Waals surface area contributed by atoms with E-state index in [0.29, 0.717) is 0 Å². The molecule has 2 nitrogen and oxygen atoms in total. The maximum absolute atomic E-state index is 5.50. The van der Waals surface area contributed by atoms with Crippen LogP contribution in [0, 0.1) is 0 Å². The second-order valence-electron chi connectivity index (χ2n) is 3.88. The van der Waals surface area contributed by atoms with Crippen LogP contribution in [-0.2, 0) is 6.42 Å². The fourth-order valence-electron chi connectivity index (χ4n) is 1.89. The van der Waals surface area contributed by atoms with E-state index in [9.17, 15) is 0 Å². The first-order valence-electron chi connectivity index (χ1n) is 5.34. The quantitative estimate of drug-likeness (QED) is 0.668. The number of hydrogen-bond acceptors (Lipinski definition) is 2. The zero-order valence-electron chi connectivity index (χ0n) is 8.85. The molecule has 2 heteroatoms. The maximum Gasteiger partial charge on any atom is 0.230 e. The summed E-state index contributed by atoms with van der Waals surface area (Å²) in [6, 6.07) is 16.3. The second kappa shape index (κ2) is 3.89. The lowest BCUT2D eigenvalue weighted by atomic mass is 10.0. The molecule has 0 saturated carbocycles. The van der Waals surface area contributed by atoms with Gasteiger partial charge in [0, 0.05) is 0 Å². The Morgan fingerprint density at radius 1 is 0.750 bits per heavy atom. The molecule has 1 aliphatic rings. The van der Waals surface area contributed by atoms with Gasteiger partial charge in [-0.1, -0.05) is 24.3 Å². The normalized spacial score (nSPS) is 13.5. The van der Waals surface area contributed by atoms with Crippen molar-refractivity contribution in [2.75, 3.05) is 6.79 Å².